The number of carbonyl (C=O) groups excluding carboxylic acids is 1. The van der Waals surface area contributed by atoms with Crippen molar-refractivity contribution in [2.24, 2.45) is 7.05 Å². The molecule has 1 aliphatic rings. The van der Waals surface area contributed by atoms with Crippen molar-refractivity contribution in [3.63, 3.8) is 0 Å². The third-order valence-corrected chi connectivity index (χ3v) is 5.49. The number of aromatic nitrogens is 6. The van der Waals surface area contributed by atoms with Crippen LogP contribution >= 0.6 is 11.8 Å². The van der Waals surface area contributed by atoms with Crippen LogP contribution in [0.25, 0.3) is 11.4 Å². The van der Waals surface area contributed by atoms with E-state index >= 15 is 0 Å². The topological polar surface area (TPSA) is 96.8 Å². The van der Waals surface area contributed by atoms with Crippen LogP contribution in [0.5, 0.6) is 0 Å². The second-order valence-electron chi connectivity index (χ2n) is 5.85. The molecule has 0 bridgehead atoms. The summed E-state index contributed by atoms with van der Waals surface area (Å²) in [6.45, 7) is 2.22. The predicted molar refractivity (Wildman–Crippen MR) is 93.7 cm³/mol. The fraction of sp³-hybridized carbons (Fsp3) is 0.312. The van der Waals surface area contributed by atoms with Gasteiger partial charge in [0.1, 0.15) is 5.25 Å². The molecule has 1 unspecified atom stereocenters. The Morgan fingerprint density at radius 3 is 2.69 bits per heavy atom. The third kappa shape index (κ3) is 2.62. The van der Waals surface area contributed by atoms with Crippen LogP contribution in [0.4, 0.5) is 0 Å². The number of hydrogen-bond acceptors (Lipinski definition) is 7. The van der Waals surface area contributed by atoms with E-state index in [-0.39, 0.29) is 16.8 Å². The van der Waals surface area contributed by atoms with E-state index in [1.807, 2.05) is 37.3 Å². The molecule has 9 nitrogen and oxygen atoms in total. The van der Waals surface area contributed by atoms with Gasteiger partial charge in [-0.15, -0.1) is 5.10 Å². The number of nitrogens with zero attached hydrogens (tertiary/aromatic N) is 6. The fourth-order valence-corrected chi connectivity index (χ4v) is 3.85. The van der Waals surface area contributed by atoms with Gasteiger partial charge in [0.05, 0.1) is 18.0 Å². The second-order valence-corrected chi connectivity index (χ2v) is 7.02. The van der Waals surface area contributed by atoms with Gasteiger partial charge >= 0.3 is 5.97 Å². The van der Waals surface area contributed by atoms with Gasteiger partial charge in [0, 0.05) is 13.5 Å². The van der Waals surface area contributed by atoms with E-state index in [2.05, 4.69) is 15.5 Å². The van der Waals surface area contributed by atoms with E-state index in [1.165, 1.54) is 16.4 Å². The minimum atomic E-state index is -0.361. The normalized spacial score (nSPS) is 16.8. The lowest BCUT2D eigenvalue weighted by molar-refractivity contribution is -0.137. The molecule has 0 saturated carbocycles. The lowest BCUT2D eigenvalue weighted by atomic mass is 10.3. The number of tetrazole rings is 1. The van der Waals surface area contributed by atoms with Crippen molar-refractivity contribution in [3.8, 4) is 11.4 Å². The van der Waals surface area contributed by atoms with Gasteiger partial charge in [-0.1, -0.05) is 30.0 Å². The van der Waals surface area contributed by atoms with Crippen molar-refractivity contribution >= 4 is 17.7 Å². The van der Waals surface area contributed by atoms with Crippen molar-refractivity contribution < 1.29 is 9.53 Å². The molecule has 0 radical (unpaired) electrons. The summed E-state index contributed by atoms with van der Waals surface area (Å²) in [5.74, 6) is -0.281. The maximum absolute atomic E-state index is 13.1. The standard InChI is InChI=1S/C16H16N6O3S/c1-10-13(14(23)22(20(10)2)11-6-4-3-5-7-11)21-16(17-18-19-21)26-12-8-9-25-15(12)24/h3-7,12H,8-9H2,1-2H3. The van der Waals surface area contributed by atoms with Crippen LogP contribution in [0.3, 0.4) is 0 Å². The SMILES string of the molecule is Cc1c(-n2nnnc2SC2CCOC2=O)c(=O)n(-c2ccccc2)n1C. The summed E-state index contributed by atoms with van der Waals surface area (Å²) in [5.41, 5.74) is 1.58. The Morgan fingerprint density at radius 1 is 1.23 bits per heavy atom. The highest BCUT2D eigenvalue weighted by molar-refractivity contribution is 8.00. The summed E-state index contributed by atoms with van der Waals surface area (Å²) < 4.78 is 9.69. The Morgan fingerprint density at radius 2 is 2.00 bits per heavy atom. The molecule has 1 saturated heterocycles. The molecule has 0 aliphatic carbocycles. The molecule has 1 fully saturated rings. The maximum atomic E-state index is 13.1. The Balaban J connectivity index is 1.80. The smallest absolute Gasteiger partial charge is 0.319 e. The van der Waals surface area contributed by atoms with E-state index in [4.69, 9.17) is 4.74 Å². The van der Waals surface area contributed by atoms with Crippen molar-refractivity contribution in [1.29, 1.82) is 0 Å². The first kappa shape index (κ1) is 16.6. The summed E-state index contributed by atoms with van der Waals surface area (Å²) in [6, 6.07) is 9.34. The van der Waals surface area contributed by atoms with Gasteiger partial charge < -0.3 is 4.74 Å². The van der Waals surface area contributed by atoms with E-state index < -0.39 is 0 Å². The fourth-order valence-electron chi connectivity index (χ4n) is 2.90. The van der Waals surface area contributed by atoms with Crippen LogP contribution < -0.4 is 5.56 Å². The van der Waals surface area contributed by atoms with Crippen molar-refractivity contribution in [2.75, 3.05) is 6.61 Å². The number of para-hydroxylation sites is 1. The number of hydrogen-bond donors (Lipinski definition) is 0. The number of cyclic esters (lactones) is 1. The zero-order valence-corrected chi connectivity index (χ0v) is 15.0. The van der Waals surface area contributed by atoms with E-state index in [0.29, 0.717) is 29.6 Å². The maximum Gasteiger partial charge on any atom is 0.319 e. The van der Waals surface area contributed by atoms with Gasteiger partial charge in [-0.2, -0.15) is 4.68 Å². The number of rotatable bonds is 4. The summed E-state index contributed by atoms with van der Waals surface area (Å²) >= 11 is 1.21. The highest BCUT2D eigenvalue weighted by atomic mass is 32.2. The molecule has 3 aromatic rings. The van der Waals surface area contributed by atoms with Crippen molar-refractivity contribution in [3.05, 3.63) is 46.4 Å². The summed E-state index contributed by atoms with van der Waals surface area (Å²) in [5, 5.41) is 11.7. The molecule has 0 amide bonds. The molecule has 0 N–H and O–H groups in total. The van der Waals surface area contributed by atoms with Crippen LogP contribution in [0, 0.1) is 6.92 Å². The average molecular weight is 372 g/mol. The molecule has 3 heterocycles. The first-order valence-corrected chi connectivity index (χ1v) is 8.92. The van der Waals surface area contributed by atoms with Gasteiger partial charge in [-0.3, -0.25) is 14.3 Å². The van der Waals surface area contributed by atoms with Gasteiger partial charge in [-0.05, 0) is 29.5 Å². The predicted octanol–water partition coefficient (Wildman–Crippen LogP) is 0.868. The largest absolute Gasteiger partial charge is 0.465 e. The van der Waals surface area contributed by atoms with Crippen LogP contribution in [0.1, 0.15) is 12.1 Å². The lowest BCUT2D eigenvalue weighted by Crippen LogP contribution is -2.22. The van der Waals surface area contributed by atoms with Crippen LogP contribution in [-0.2, 0) is 16.6 Å². The minimum Gasteiger partial charge on any atom is -0.465 e. The summed E-state index contributed by atoms with van der Waals surface area (Å²) in [7, 11) is 1.80. The molecule has 10 heteroatoms. The molecule has 1 aromatic carbocycles. The van der Waals surface area contributed by atoms with Crippen LogP contribution in [0.15, 0.2) is 40.3 Å². The van der Waals surface area contributed by atoms with Crippen LogP contribution in [-0.4, -0.2) is 47.4 Å². The molecule has 4 rings (SSSR count). The van der Waals surface area contributed by atoms with Gasteiger partial charge in [-0.25, -0.2) is 4.68 Å². The molecular formula is C16H16N6O3S. The second kappa shape index (κ2) is 6.45. The van der Waals surface area contributed by atoms with Gasteiger partial charge in [0.2, 0.25) is 5.16 Å². The Kier molecular flexibility index (Phi) is 4.11. The number of carbonyl (C=O) groups is 1. The number of esters is 1. The van der Waals surface area contributed by atoms with Gasteiger partial charge in [0.25, 0.3) is 5.56 Å². The molecule has 134 valence electrons. The number of thioether (sulfide) groups is 1. The summed E-state index contributed by atoms with van der Waals surface area (Å²) in [4.78, 5) is 24.8. The number of ether oxygens (including phenoxy) is 1. The Labute approximate surface area is 152 Å². The first-order valence-electron chi connectivity index (χ1n) is 8.04. The Bertz CT molecular complexity index is 1020. The van der Waals surface area contributed by atoms with E-state index in [9.17, 15) is 9.59 Å². The molecular weight excluding hydrogens is 356 g/mol. The van der Waals surface area contributed by atoms with E-state index in [1.54, 1.807) is 16.4 Å². The zero-order chi connectivity index (χ0) is 18.3. The zero-order valence-electron chi connectivity index (χ0n) is 14.2. The summed E-state index contributed by atoms with van der Waals surface area (Å²) in [6.07, 6.45) is 0.596. The average Bonchev–Trinajstić information content (AvgIpc) is 3.31. The molecule has 2 aromatic heterocycles. The highest BCUT2D eigenvalue weighted by Gasteiger charge is 2.31. The van der Waals surface area contributed by atoms with Crippen LogP contribution in [0.2, 0.25) is 0 Å². The third-order valence-electron chi connectivity index (χ3n) is 4.31. The van der Waals surface area contributed by atoms with Crippen molar-refractivity contribution in [2.45, 2.75) is 23.8 Å². The number of benzene rings is 1. The quantitative estimate of drug-likeness (QED) is 0.627. The molecule has 26 heavy (non-hydrogen) atoms. The minimum absolute atomic E-state index is 0.237. The highest BCUT2D eigenvalue weighted by Crippen LogP contribution is 2.29. The van der Waals surface area contributed by atoms with E-state index in [0.717, 1.165) is 5.69 Å². The first-order chi connectivity index (χ1) is 12.6. The monoisotopic (exact) mass is 372 g/mol. The lowest BCUT2D eigenvalue weighted by Gasteiger charge is -2.07. The Hall–Kier alpha value is -2.88. The molecule has 1 aliphatic heterocycles. The van der Waals surface area contributed by atoms with Gasteiger partial charge in [0.15, 0.2) is 5.69 Å². The molecule has 1 atom stereocenters. The van der Waals surface area contributed by atoms with Crippen molar-refractivity contribution in [1.82, 2.24) is 29.6 Å². The molecule has 0 spiro atoms.